The van der Waals surface area contributed by atoms with Crippen LogP contribution < -0.4 is 0 Å². The normalized spacial score (nSPS) is 27.8. The largest absolute Gasteiger partial charge is 0.386 e. The average Bonchev–Trinajstić information content (AvgIpc) is 2.06. The molecule has 0 aromatic rings. The van der Waals surface area contributed by atoms with Gasteiger partial charge in [0.25, 0.3) is 0 Å². The molecule has 0 bridgehead atoms. The summed E-state index contributed by atoms with van der Waals surface area (Å²) in [5.74, 6) is 5.82. The van der Waals surface area contributed by atoms with E-state index in [1.807, 2.05) is 13.0 Å². The van der Waals surface area contributed by atoms with E-state index in [1.54, 1.807) is 0 Å². The van der Waals surface area contributed by atoms with Gasteiger partial charge in [0.1, 0.15) is 0 Å². The second kappa shape index (κ2) is 4.33. The van der Waals surface area contributed by atoms with E-state index >= 15 is 0 Å². The molecule has 1 aliphatic carbocycles. The van der Waals surface area contributed by atoms with Crippen LogP contribution in [0.25, 0.3) is 0 Å². The molecular formula is C11H16O. The van der Waals surface area contributed by atoms with Crippen LogP contribution in [0.3, 0.4) is 0 Å². The predicted molar refractivity (Wildman–Crippen MR) is 50.6 cm³/mol. The Morgan fingerprint density at radius 1 is 1.58 bits per heavy atom. The molecule has 1 unspecified atom stereocenters. The number of rotatable bonds is 2. The highest BCUT2D eigenvalue weighted by molar-refractivity contribution is 5.07. The van der Waals surface area contributed by atoms with Gasteiger partial charge in [-0.2, -0.15) is 0 Å². The lowest BCUT2D eigenvalue weighted by Gasteiger charge is -2.26. The summed E-state index contributed by atoms with van der Waals surface area (Å²) >= 11 is 0. The van der Waals surface area contributed by atoms with Gasteiger partial charge in [-0.3, -0.25) is 0 Å². The molecular weight excluding hydrogens is 148 g/mol. The van der Waals surface area contributed by atoms with Crippen molar-refractivity contribution in [1.82, 2.24) is 0 Å². The molecule has 0 saturated heterocycles. The maximum Gasteiger partial charge on any atom is 0.0836 e. The van der Waals surface area contributed by atoms with Crippen LogP contribution in [0.4, 0.5) is 0 Å². The Morgan fingerprint density at radius 2 is 2.42 bits per heavy atom. The lowest BCUT2D eigenvalue weighted by Crippen LogP contribution is -2.27. The highest BCUT2D eigenvalue weighted by Gasteiger charge is 2.23. The second-order valence-corrected chi connectivity index (χ2v) is 3.32. The maximum absolute atomic E-state index is 9.94. The summed E-state index contributed by atoms with van der Waals surface area (Å²) in [7, 11) is 0. The average molecular weight is 164 g/mol. The third-order valence-corrected chi connectivity index (χ3v) is 2.27. The zero-order valence-corrected chi connectivity index (χ0v) is 7.64. The van der Waals surface area contributed by atoms with Crippen LogP contribution in [0, 0.1) is 11.8 Å². The van der Waals surface area contributed by atoms with Crippen LogP contribution >= 0.6 is 0 Å². The van der Waals surface area contributed by atoms with Gasteiger partial charge in [0.15, 0.2) is 0 Å². The quantitative estimate of drug-likeness (QED) is 0.490. The van der Waals surface area contributed by atoms with E-state index in [0.29, 0.717) is 0 Å². The number of aliphatic hydroxyl groups is 1. The summed E-state index contributed by atoms with van der Waals surface area (Å²) in [5.41, 5.74) is -0.553. The minimum Gasteiger partial charge on any atom is -0.386 e. The number of hydrogen-bond donors (Lipinski definition) is 1. The van der Waals surface area contributed by atoms with Crippen molar-refractivity contribution in [3.63, 3.8) is 0 Å². The zero-order valence-electron chi connectivity index (χ0n) is 7.64. The van der Waals surface area contributed by atoms with Crippen molar-refractivity contribution in [2.75, 3.05) is 0 Å². The van der Waals surface area contributed by atoms with Crippen LogP contribution in [-0.4, -0.2) is 10.7 Å². The SMILES string of the molecule is CC#CCCC1(O)C=CCCC1. The first-order valence-corrected chi connectivity index (χ1v) is 4.56. The van der Waals surface area contributed by atoms with Crippen LogP contribution in [0.5, 0.6) is 0 Å². The van der Waals surface area contributed by atoms with E-state index in [0.717, 1.165) is 32.1 Å². The Hall–Kier alpha value is -0.740. The molecule has 0 fully saturated rings. The molecule has 0 aromatic carbocycles. The van der Waals surface area contributed by atoms with Gasteiger partial charge in [0.2, 0.25) is 0 Å². The van der Waals surface area contributed by atoms with Crippen LogP contribution in [0.15, 0.2) is 12.2 Å². The standard InChI is InChI=1S/C11H16O/c1-2-3-5-8-11(12)9-6-4-7-10-11/h6,9,12H,4-5,7-8,10H2,1H3. The monoisotopic (exact) mass is 164 g/mol. The molecule has 0 heterocycles. The first-order chi connectivity index (χ1) is 5.77. The Labute approximate surface area is 74.5 Å². The van der Waals surface area contributed by atoms with E-state index in [1.165, 1.54) is 0 Å². The Kier molecular flexibility index (Phi) is 3.37. The van der Waals surface area contributed by atoms with Crippen LogP contribution in [0.2, 0.25) is 0 Å². The molecule has 0 aromatic heterocycles. The molecule has 0 spiro atoms. The van der Waals surface area contributed by atoms with Crippen molar-refractivity contribution in [3.05, 3.63) is 12.2 Å². The topological polar surface area (TPSA) is 20.2 Å². The summed E-state index contributed by atoms with van der Waals surface area (Å²) in [6.45, 7) is 1.83. The highest BCUT2D eigenvalue weighted by Crippen LogP contribution is 2.25. The third-order valence-electron chi connectivity index (χ3n) is 2.27. The summed E-state index contributed by atoms with van der Waals surface area (Å²) in [5, 5.41) is 9.94. The van der Waals surface area contributed by atoms with Gasteiger partial charge in [0.05, 0.1) is 5.60 Å². The lowest BCUT2D eigenvalue weighted by molar-refractivity contribution is 0.0673. The molecule has 1 nitrogen and oxygen atoms in total. The predicted octanol–water partition coefficient (Wildman–Crippen LogP) is 2.26. The van der Waals surface area contributed by atoms with Crippen molar-refractivity contribution in [3.8, 4) is 11.8 Å². The zero-order chi connectivity index (χ0) is 8.86. The van der Waals surface area contributed by atoms with Crippen LogP contribution in [0.1, 0.15) is 39.0 Å². The molecule has 0 saturated carbocycles. The van der Waals surface area contributed by atoms with Gasteiger partial charge in [0, 0.05) is 6.42 Å². The minimum absolute atomic E-state index is 0.553. The fraction of sp³-hybridized carbons (Fsp3) is 0.636. The van der Waals surface area contributed by atoms with E-state index in [2.05, 4.69) is 17.9 Å². The van der Waals surface area contributed by atoms with E-state index < -0.39 is 5.60 Å². The van der Waals surface area contributed by atoms with E-state index in [4.69, 9.17) is 0 Å². The molecule has 1 atom stereocenters. The Bertz CT molecular complexity index is 219. The fourth-order valence-corrected chi connectivity index (χ4v) is 1.52. The molecule has 1 rings (SSSR count). The van der Waals surface area contributed by atoms with E-state index in [-0.39, 0.29) is 0 Å². The summed E-state index contributed by atoms with van der Waals surface area (Å²) in [6, 6.07) is 0. The highest BCUT2D eigenvalue weighted by atomic mass is 16.3. The van der Waals surface area contributed by atoms with Crippen molar-refractivity contribution in [2.45, 2.75) is 44.6 Å². The molecule has 12 heavy (non-hydrogen) atoms. The summed E-state index contributed by atoms with van der Waals surface area (Å²) in [6.07, 6.45) is 8.71. The molecule has 0 radical (unpaired) electrons. The molecule has 1 aliphatic rings. The first kappa shape index (κ1) is 9.35. The minimum atomic E-state index is -0.553. The second-order valence-electron chi connectivity index (χ2n) is 3.32. The van der Waals surface area contributed by atoms with Gasteiger partial charge < -0.3 is 5.11 Å². The molecule has 1 N–H and O–H groups in total. The molecule has 1 heteroatoms. The maximum atomic E-state index is 9.94. The van der Waals surface area contributed by atoms with Gasteiger partial charge >= 0.3 is 0 Å². The molecule has 0 amide bonds. The Balaban J connectivity index is 2.40. The van der Waals surface area contributed by atoms with Gasteiger partial charge in [-0.05, 0) is 32.6 Å². The van der Waals surface area contributed by atoms with Crippen molar-refractivity contribution in [2.24, 2.45) is 0 Å². The van der Waals surface area contributed by atoms with E-state index in [9.17, 15) is 5.11 Å². The van der Waals surface area contributed by atoms with Crippen molar-refractivity contribution >= 4 is 0 Å². The first-order valence-electron chi connectivity index (χ1n) is 4.56. The fourth-order valence-electron chi connectivity index (χ4n) is 1.52. The van der Waals surface area contributed by atoms with Crippen molar-refractivity contribution in [1.29, 1.82) is 0 Å². The molecule has 66 valence electrons. The smallest absolute Gasteiger partial charge is 0.0836 e. The number of hydrogen-bond acceptors (Lipinski definition) is 1. The van der Waals surface area contributed by atoms with Gasteiger partial charge in [-0.15, -0.1) is 11.8 Å². The van der Waals surface area contributed by atoms with Crippen molar-refractivity contribution < 1.29 is 5.11 Å². The van der Waals surface area contributed by atoms with Gasteiger partial charge in [-0.1, -0.05) is 12.2 Å². The van der Waals surface area contributed by atoms with Crippen LogP contribution in [-0.2, 0) is 0 Å². The molecule has 0 aliphatic heterocycles. The number of allylic oxidation sites excluding steroid dienone is 1. The summed E-state index contributed by atoms with van der Waals surface area (Å²) in [4.78, 5) is 0. The Morgan fingerprint density at radius 3 is 3.00 bits per heavy atom. The summed E-state index contributed by atoms with van der Waals surface area (Å²) < 4.78 is 0. The van der Waals surface area contributed by atoms with Gasteiger partial charge in [-0.25, -0.2) is 0 Å². The third kappa shape index (κ3) is 2.71. The lowest BCUT2D eigenvalue weighted by atomic mass is 9.87.